The molecule has 21 heavy (non-hydrogen) atoms. The summed E-state index contributed by atoms with van der Waals surface area (Å²) >= 11 is 3.78. The molecule has 0 amide bonds. The lowest BCUT2D eigenvalue weighted by Crippen LogP contribution is -2.57. The fourth-order valence-electron chi connectivity index (χ4n) is 3.73. The van der Waals surface area contributed by atoms with Crippen molar-refractivity contribution in [3.63, 3.8) is 0 Å². The lowest BCUT2D eigenvalue weighted by Gasteiger charge is -2.55. The Kier molecular flexibility index (Phi) is 3.95. The Hall–Kier alpha value is -1.10. The number of benzene rings is 1. The van der Waals surface area contributed by atoms with E-state index in [1.807, 2.05) is 6.92 Å². The Morgan fingerprint density at radius 2 is 2.05 bits per heavy atom. The lowest BCUT2D eigenvalue weighted by molar-refractivity contribution is -0.386. The van der Waals surface area contributed by atoms with E-state index < -0.39 is 0 Å². The fourth-order valence-corrected chi connectivity index (χ4v) is 4.82. The number of nitro groups is 1. The molecule has 2 atom stereocenters. The average molecular weight is 354 g/mol. The number of nitro benzene ring substituents is 1. The minimum Gasteiger partial charge on any atom is -0.483 e. The standard InChI is InChI=1S/C16H20BrNO3/c1-11-5-6-12(18(19)20)13(9-11)21-15-10-14(17)16(15)7-3-2-4-8-16/h5-6,9,14-15H,2-4,7-8,10H2,1H3. The van der Waals surface area contributed by atoms with Gasteiger partial charge in [0.25, 0.3) is 0 Å². The summed E-state index contributed by atoms with van der Waals surface area (Å²) in [6.45, 7) is 1.93. The molecule has 0 aromatic heterocycles. The van der Waals surface area contributed by atoms with Crippen molar-refractivity contribution in [1.82, 2.24) is 0 Å². The van der Waals surface area contributed by atoms with E-state index in [0.717, 1.165) is 24.8 Å². The molecule has 0 radical (unpaired) electrons. The number of hydrogen-bond donors (Lipinski definition) is 0. The highest BCUT2D eigenvalue weighted by atomic mass is 79.9. The van der Waals surface area contributed by atoms with Gasteiger partial charge in [-0.1, -0.05) is 41.3 Å². The highest BCUT2D eigenvalue weighted by Gasteiger charge is 2.55. The van der Waals surface area contributed by atoms with E-state index in [1.54, 1.807) is 18.2 Å². The number of alkyl halides is 1. The van der Waals surface area contributed by atoms with Crippen molar-refractivity contribution in [2.45, 2.75) is 56.4 Å². The molecule has 4 nitrogen and oxygen atoms in total. The van der Waals surface area contributed by atoms with Crippen LogP contribution in [0.15, 0.2) is 18.2 Å². The van der Waals surface area contributed by atoms with Crippen molar-refractivity contribution in [2.75, 3.05) is 0 Å². The van der Waals surface area contributed by atoms with Crippen LogP contribution in [-0.2, 0) is 0 Å². The summed E-state index contributed by atoms with van der Waals surface area (Å²) in [7, 11) is 0. The molecule has 2 aliphatic carbocycles. The molecule has 1 aromatic carbocycles. The first-order valence-electron chi connectivity index (χ1n) is 7.59. The van der Waals surface area contributed by atoms with Crippen LogP contribution in [0.25, 0.3) is 0 Å². The minimum atomic E-state index is -0.355. The van der Waals surface area contributed by atoms with Crippen LogP contribution in [0.4, 0.5) is 5.69 Å². The summed E-state index contributed by atoms with van der Waals surface area (Å²) in [4.78, 5) is 11.3. The molecule has 1 spiro atoms. The molecule has 0 N–H and O–H groups in total. The summed E-state index contributed by atoms with van der Waals surface area (Å²) in [6, 6.07) is 5.09. The van der Waals surface area contributed by atoms with E-state index >= 15 is 0 Å². The monoisotopic (exact) mass is 353 g/mol. The quantitative estimate of drug-likeness (QED) is 0.446. The van der Waals surface area contributed by atoms with Gasteiger partial charge in [-0.15, -0.1) is 0 Å². The van der Waals surface area contributed by atoms with Crippen LogP contribution in [0.1, 0.15) is 44.1 Å². The highest BCUT2D eigenvalue weighted by molar-refractivity contribution is 9.09. The zero-order valence-electron chi connectivity index (χ0n) is 12.2. The van der Waals surface area contributed by atoms with Crippen molar-refractivity contribution >= 4 is 21.6 Å². The molecule has 114 valence electrons. The third kappa shape index (κ3) is 2.56. The molecular weight excluding hydrogens is 334 g/mol. The predicted octanol–water partition coefficient (Wildman–Crippen LogP) is 4.77. The highest BCUT2D eigenvalue weighted by Crippen LogP contribution is 2.56. The molecule has 2 saturated carbocycles. The first-order chi connectivity index (χ1) is 10.0. The molecule has 2 aliphatic rings. The molecule has 1 aromatic rings. The largest absolute Gasteiger partial charge is 0.483 e. The Bertz CT molecular complexity index is 554. The molecule has 3 rings (SSSR count). The van der Waals surface area contributed by atoms with E-state index in [-0.39, 0.29) is 22.1 Å². The second kappa shape index (κ2) is 5.59. The molecule has 2 unspecified atom stereocenters. The van der Waals surface area contributed by atoms with Gasteiger partial charge in [-0.3, -0.25) is 10.1 Å². The van der Waals surface area contributed by atoms with Gasteiger partial charge < -0.3 is 4.74 Å². The SMILES string of the molecule is Cc1ccc([N+](=O)[O-])c(OC2CC(Br)C23CCCCC3)c1. The maximum Gasteiger partial charge on any atom is 0.310 e. The first-order valence-corrected chi connectivity index (χ1v) is 8.50. The second-order valence-electron chi connectivity index (χ2n) is 6.33. The summed E-state index contributed by atoms with van der Waals surface area (Å²) in [5.41, 5.74) is 1.24. The maximum atomic E-state index is 11.2. The van der Waals surface area contributed by atoms with E-state index in [4.69, 9.17) is 4.74 Å². The zero-order chi connectivity index (χ0) is 15.0. The Morgan fingerprint density at radius 1 is 1.33 bits per heavy atom. The number of hydrogen-bond acceptors (Lipinski definition) is 3. The van der Waals surface area contributed by atoms with Crippen molar-refractivity contribution in [2.24, 2.45) is 5.41 Å². The van der Waals surface area contributed by atoms with Gasteiger partial charge >= 0.3 is 5.69 Å². The lowest BCUT2D eigenvalue weighted by atomic mass is 9.58. The summed E-state index contributed by atoms with van der Waals surface area (Å²) < 4.78 is 6.12. The topological polar surface area (TPSA) is 52.4 Å². The fraction of sp³-hybridized carbons (Fsp3) is 0.625. The summed E-state index contributed by atoms with van der Waals surface area (Å²) in [5.74, 6) is 0.425. The third-order valence-electron chi connectivity index (χ3n) is 5.05. The van der Waals surface area contributed by atoms with Crippen molar-refractivity contribution < 1.29 is 9.66 Å². The number of aryl methyl sites for hydroxylation is 1. The van der Waals surface area contributed by atoms with Gasteiger partial charge in [0.2, 0.25) is 0 Å². The number of halogens is 1. The van der Waals surface area contributed by atoms with Gasteiger partial charge in [0.15, 0.2) is 5.75 Å². The normalized spacial score (nSPS) is 27.1. The minimum absolute atomic E-state index is 0.0737. The zero-order valence-corrected chi connectivity index (χ0v) is 13.8. The van der Waals surface area contributed by atoms with Crippen LogP contribution in [0.2, 0.25) is 0 Å². The molecular formula is C16H20BrNO3. The van der Waals surface area contributed by atoms with Crippen LogP contribution < -0.4 is 4.74 Å². The van der Waals surface area contributed by atoms with Crippen LogP contribution in [0, 0.1) is 22.5 Å². The van der Waals surface area contributed by atoms with Crippen molar-refractivity contribution in [3.05, 3.63) is 33.9 Å². The number of ether oxygens (including phenoxy) is 1. The average Bonchev–Trinajstić information content (AvgIpc) is 2.47. The summed E-state index contributed by atoms with van der Waals surface area (Å²) in [6.07, 6.45) is 7.11. The van der Waals surface area contributed by atoms with Crippen molar-refractivity contribution in [3.8, 4) is 5.75 Å². The Morgan fingerprint density at radius 3 is 2.67 bits per heavy atom. The van der Waals surface area contributed by atoms with Gasteiger partial charge in [0, 0.05) is 16.3 Å². The molecule has 2 fully saturated rings. The van der Waals surface area contributed by atoms with Gasteiger partial charge in [0.1, 0.15) is 6.10 Å². The first kappa shape index (κ1) is 14.8. The molecule has 0 aliphatic heterocycles. The van der Waals surface area contributed by atoms with Crippen LogP contribution in [0.5, 0.6) is 5.75 Å². The van der Waals surface area contributed by atoms with E-state index in [1.165, 1.54) is 19.3 Å². The Balaban J connectivity index is 1.84. The Labute approximate surface area is 133 Å². The number of rotatable bonds is 3. The predicted molar refractivity (Wildman–Crippen MR) is 85.1 cm³/mol. The second-order valence-corrected chi connectivity index (χ2v) is 7.44. The smallest absolute Gasteiger partial charge is 0.310 e. The van der Waals surface area contributed by atoms with Gasteiger partial charge in [-0.25, -0.2) is 0 Å². The molecule has 5 heteroatoms. The van der Waals surface area contributed by atoms with Crippen LogP contribution in [-0.4, -0.2) is 15.9 Å². The molecule has 0 bridgehead atoms. The third-order valence-corrected chi connectivity index (χ3v) is 6.34. The van der Waals surface area contributed by atoms with Crippen molar-refractivity contribution in [1.29, 1.82) is 0 Å². The molecule has 0 saturated heterocycles. The number of nitrogens with zero attached hydrogens (tertiary/aromatic N) is 1. The van der Waals surface area contributed by atoms with Gasteiger partial charge in [0.05, 0.1) is 4.92 Å². The van der Waals surface area contributed by atoms with E-state index in [9.17, 15) is 10.1 Å². The van der Waals surface area contributed by atoms with E-state index in [0.29, 0.717) is 10.6 Å². The molecule has 0 heterocycles. The van der Waals surface area contributed by atoms with E-state index in [2.05, 4.69) is 15.9 Å². The van der Waals surface area contributed by atoms with Gasteiger partial charge in [-0.05, 0) is 37.8 Å². The maximum absolute atomic E-state index is 11.2. The van der Waals surface area contributed by atoms with Crippen LogP contribution in [0.3, 0.4) is 0 Å². The van der Waals surface area contributed by atoms with Crippen LogP contribution >= 0.6 is 15.9 Å². The summed E-state index contributed by atoms with van der Waals surface area (Å²) in [5, 5.41) is 11.2. The van der Waals surface area contributed by atoms with Gasteiger partial charge in [-0.2, -0.15) is 0 Å².